The molecule has 22 heavy (non-hydrogen) atoms. The summed E-state index contributed by atoms with van der Waals surface area (Å²) in [6.45, 7) is 8.59. The lowest BCUT2D eigenvalue weighted by Gasteiger charge is -2.22. The monoisotopic (exact) mass is 299 g/mol. The van der Waals surface area contributed by atoms with Crippen LogP contribution in [0.4, 0.5) is 5.82 Å². The van der Waals surface area contributed by atoms with E-state index in [1.54, 1.807) is 12.5 Å². The molecule has 2 aliphatic rings. The lowest BCUT2D eigenvalue weighted by Crippen LogP contribution is -2.31. The Balaban J connectivity index is 1.32. The molecule has 2 aliphatic heterocycles. The number of likely N-dealkylation sites (tertiary alicyclic amines) is 1. The van der Waals surface area contributed by atoms with Crippen molar-refractivity contribution in [3.63, 3.8) is 0 Å². The van der Waals surface area contributed by atoms with Gasteiger partial charge in [-0.05, 0) is 18.8 Å². The average molecular weight is 299 g/mol. The first-order chi connectivity index (χ1) is 10.8. The first-order valence-corrected chi connectivity index (χ1v) is 7.88. The Labute approximate surface area is 130 Å². The van der Waals surface area contributed by atoms with Crippen LogP contribution < -0.4 is 4.90 Å². The quantitative estimate of drug-likeness (QED) is 0.816. The number of rotatable bonds is 4. The third-order valence-corrected chi connectivity index (χ3v) is 4.79. The Morgan fingerprint density at radius 3 is 2.59 bits per heavy atom. The second kappa shape index (κ2) is 5.64. The van der Waals surface area contributed by atoms with E-state index < -0.39 is 0 Å². The maximum Gasteiger partial charge on any atom is 0.132 e. The summed E-state index contributed by atoms with van der Waals surface area (Å²) >= 11 is 0. The zero-order valence-corrected chi connectivity index (χ0v) is 12.8. The minimum atomic E-state index is 0.756. The van der Waals surface area contributed by atoms with E-state index >= 15 is 0 Å². The molecule has 0 bridgehead atoms. The summed E-state index contributed by atoms with van der Waals surface area (Å²) in [6.07, 6.45) is 5.33. The minimum absolute atomic E-state index is 0.756. The van der Waals surface area contributed by atoms with E-state index in [0.717, 1.165) is 49.5 Å². The van der Waals surface area contributed by atoms with Crippen LogP contribution >= 0.6 is 0 Å². The van der Waals surface area contributed by atoms with Crippen molar-refractivity contribution in [1.29, 1.82) is 0 Å². The summed E-state index contributed by atoms with van der Waals surface area (Å²) in [5, 5.41) is 7.88. The molecule has 2 aromatic rings. The zero-order valence-electron chi connectivity index (χ0n) is 12.8. The molecule has 2 fully saturated rings. The normalized spacial score (nSPS) is 24.9. The highest BCUT2D eigenvalue weighted by Gasteiger charge is 2.40. The molecule has 2 atom stereocenters. The molecule has 0 radical (unpaired) electrons. The van der Waals surface area contributed by atoms with Crippen molar-refractivity contribution < 1.29 is 0 Å². The maximum absolute atomic E-state index is 4.42. The summed E-state index contributed by atoms with van der Waals surface area (Å²) in [5.41, 5.74) is 1.04. The molecule has 0 saturated carbocycles. The zero-order chi connectivity index (χ0) is 14.9. The van der Waals surface area contributed by atoms with Crippen LogP contribution in [0.25, 0.3) is 0 Å². The number of hydrogen-bond donors (Lipinski definition) is 0. The van der Waals surface area contributed by atoms with Gasteiger partial charge in [0.15, 0.2) is 0 Å². The third kappa shape index (κ3) is 2.68. The van der Waals surface area contributed by atoms with Gasteiger partial charge in [-0.3, -0.25) is 4.68 Å². The number of aryl methyl sites for hydroxylation is 1. The van der Waals surface area contributed by atoms with Crippen LogP contribution in [0.15, 0.2) is 24.8 Å². The summed E-state index contributed by atoms with van der Waals surface area (Å²) in [5.74, 6) is 2.59. The number of aromatic nitrogens is 5. The van der Waals surface area contributed by atoms with E-state index in [9.17, 15) is 0 Å². The van der Waals surface area contributed by atoms with Crippen LogP contribution in [-0.2, 0) is 6.54 Å². The smallest absolute Gasteiger partial charge is 0.132 e. The van der Waals surface area contributed by atoms with E-state index in [1.807, 2.05) is 17.8 Å². The van der Waals surface area contributed by atoms with E-state index in [2.05, 4.69) is 36.1 Å². The molecule has 4 rings (SSSR count). The van der Waals surface area contributed by atoms with Gasteiger partial charge in [0.05, 0.1) is 12.7 Å². The highest BCUT2D eigenvalue weighted by Crippen LogP contribution is 2.33. The maximum atomic E-state index is 4.42. The molecule has 2 unspecified atom stereocenters. The summed E-state index contributed by atoms with van der Waals surface area (Å²) < 4.78 is 1.91. The number of hydrogen-bond acceptors (Lipinski definition) is 6. The number of nitrogens with zero attached hydrogens (tertiary/aromatic N) is 7. The topological polar surface area (TPSA) is 63.0 Å². The van der Waals surface area contributed by atoms with Crippen molar-refractivity contribution in [3.8, 4) is 0 Å². The molecule has 116 valence electrons. The molecule has 0 spiro atoms. The molecule has 0 amide bonds. The molecular formula is C15H21N7. The van der Waals surface area contributed by atoms with Gasteiger partial charge >= 0.3 is 0 Å². The molecule has 2 aromatic heterocycles. The Hall–Kier alpha value is -2.02. The van der Waals surface area contributed by atoms with Gasteiger partial charge in [0, 0.05) is 50.7 Å². The molecular weight excluding hydrogens is 278 g/mol. The molecule has 0 aromatic carbocycles. The fraction of sp³-hybridized carbons (Fsp3) is 0.600. The fourth-order valence-electron chi connectivity index (χ4n) is 3.67. The standard InChI is InChI=1S/C15H21N7/c1-12-6-15(17-11-16-12)21-9-13-7-20(8-14(13)10-21)4-5-22-3-2-18-19-22/h2-3,6,11,13-14H,4-5,7-10H2,1H3. The van der Waals surface area contributed by atoms with Gasteiger partial charge in [0.1, 0.15) is 12.1 Å². The first kappa shape index (κ1) is 13.6. The van der Waals surface area contributed by atoms with E-state index in [-0.39, 0.29) is 0 Å². The molecule has 2 saturated heterocycles. The van der Waals surface area contributed by atoms with Gasteiger partial charge in [-0.25, -0.2) is 9.97 Å². The van der Waals surface area contributed by atoms with Crippen molar-refractivity contribution in [3.05, 3.63) is 30.5 Å². The van der Waals surface area contributed by atoms with Gasteiger partial charge in [0.2, 0.25) is 0 Å². The predicted octanol–water partition coefficient (Wildman–Crippen LogP) is 0.445. The third-order valence-electron chi connectivity index (χ3n) is 4.79. The van der Waals surface area contributed by atoms with E-state index in [1.165, 1.54) is 13.1 Å². The molecule has 4 heterocycles. The molecule has 0 aliphatic carbocycles. The van der Waals surface area contributed by atoms with Gasteiger partial charge in [0.25, 0.3) is 0 Å². The van der Waals surface area contributed by atoms with Crippen LogP contribution in [-0.4, -0.2) is 62.6 Å². The lowest BCUT2D eigenvalue weighted by molar-refractivity contribution is 0.295. The lowest BCUT2D eigenvalue weighted by atomic mass is 10.0. The number of fused-ring (bicyclic) bond motifs is 1. The van der Waals surface area contributed by atoms with Crippen molar-refractivity contribution in [1.82, 2.24) is 29.9 Å². The van der Waals surface area contributed by atoms with E-state index in [4.69, 9.17) is 0 Å². The predicted molar refractivity (Wildman–Crippen MR) is 82.4 cm³/mol. The van der Waals surface area contributed by atoms with Crippen LogP contribution in [0, 0.1) is 18.8 Å². The Bertz CT molecular complexity index is 613. The molecule has 0 N–H and O–H groups in total. The Kier molecular flexibility index (Phi) is 3.49. The summed E-state index contributed by atoms with van der Waals surface area (Å²) in [7, 11) is 0. The van der Waals surface area contributed by atoms with Gasteiger partial charge in [-0.15, -0.1) is 5.10 Å². The van der Waals surface area contributed by atoms with E-state index in [0.29, 0.717) is 0 Å². The van der Waals surface area contributed by atoms with Crippen molar-refractivity contribution in [2.24, 2.45) is 11.8 Å². The Morgan fingerprint density at radius 2 is 1.91 bits per heavy atom. The summed E-state index contributed by atoms with van der Waals surface area (Å²) in [6, 6.07) is 2.09. The second-order valence-electron chi connectivity index (χ2n) is 6.37. The van der Waals surface area contributed by atoms with Crippen LogP contribution in [0.1, 0.15) is 5.69 Å². The van der Waals surface area contributed by atoms with Gasteiger partial charge < -0.3 is 9.80 Å². The van der Waals surface area contributed by atoms with Gasteiger partial charge in [-0.2, -0.15) is 0 Å². The number of anilines is 1. The SMILES string of the molecule is Cc1cc(N2CC3CN(CCn4ccnn4)CC3C2)ncn1. The van der Waals surface area contributed by atoms with Crippen molar-refractivity contribution in [2.45, 2.75) is 13.5 Å². The first-order valence-electron chi connectivity index (χ1n) is 7.88. The summed E-state index contributed by atoms with van der Waals surface area (Å²) in [4.78, 5) is 13.6. The molecule has 7 nitrogen and oxygen atoms in total. The minimum Gasteiger partial charge on any atom is -0.356 e. The second-order valence-corrected chi connectivity index (χ2v) is 6.37. The average Bonchev–Trinajstić information content (AvgIpc) is 3.21. The van der Waals surface area contributed by atoms with Crippen molar-refractivity contribution in [2.75, 3.05) is 37.6 Å². The largest absolute Gasteiger partial charge is 0.356 e. The van der Waals surface area contributed by atoms with Gasteiger partial charge in [-0.1, -0.05) is 5.21 Å². The highest BCUT2D eigenvalue weighted by atomic mass is 15.4. The molecule has 7 heteroatoms. The van der Waals surface area contributed by atoms with Crippen LogP contribution in [0.2, 0.25) is 0 Å². The van der Waals surface area contributed by atoms with Crippen LogP contribution in [0.3, 0.4) is 0 Å². The highest BCUT2D eigenvalue weighted by molar-refractivity contribution is 5.40. The Morgan fingerprint density at radius 1 is 1.09 bits per heavy atom. The fourth-order valence-corrected chi connectivity index (χ4v) is 3.67. The van der Waals surface area contributed by atoms with Crippen molar-refractivity contribution >= 4 is 5.82 Å². The van der Waals surface area contributed by atoms with Crippen LogP contribution in [0.5, 0.6) is 0 Å².